The Morgan fingerprint density at radius 3 is 2.30 bits per heavy atom. The van der Waals surface area contributed by atoms with Gasteiger partial charge < -0.3 is 19.6 Å². The fourth-order valence-electron chi connectivity index (χ4n) is 3.27. The molecule has 1 aromatic heterocycles. The number of esters is 2. The van der Waals surface area contributed by atoms with E-state index in [0.717, 1.165) is 0 Å². The largest absolute Gasteiger partial charge is 0.463 e. The maximum absolute atomic E-state index is 12.9. The lowest BCUT2D eigenvalue weighted by molar-refractivity contribution is 0.0439. The van der Waals surface area contributed by atoms with Crippen LogP contribution >= 0.6 is 0 Å². The third kappa shape index (κ3) is 3.04. The maximum Gasteiger partial charge on any atom is 0.373 e. The molecule has 0 bridgehead atoms. The van der Waals surface area contributed by atoms with Crippen molar-refractivity contribution in [3.63, 3.8) is 0 Å². The van der Waals surface area contributed by atoms with Crippen molar-refractivity contribution in [3.8, 4) is 0 Å². The number of carbonyl (C=O) groups excluding carboxylic acids is 4. The van der Waals surface area contributed by atoms with E-state index in [1.54, 1.807) is 24.3 Å². The molecule has 1 heterocycles. The van der Waals surface area contributed by atoms with Gasteiger partial charge in [0, 0.05) is 16.7 Å². The molecule has 0 aliphatic heterocycles. The van der Waals surface area contributed by atoms with Crippen molar-refractivity contribution in [2.45, 2.75) is 6.61 Å². The summed E-state index contributed by atoms with van der Waals surface area (Å²) in [7, 11) is 1.22. The van der Waals surface area contributed by atoms with Crippen molar-refractivity contribution in [1.82, 2.24) is 0 Å². The van der Waals surface area contributed by atoms with Crippen LogP contribution in [0.25, 0.3) is 0 Å². The van der Waals surface area contributed by atoms with Crippen molar-refractivity contribution in [2.75, 3.05) is 12.8 Å². The van der Waals surface area contributed by atoms with E-state index in [1.807, 2.05) is 0 Å². The predicted octanol–water partition coefficient (Wildman–Crippen LogP) is 2.78. The summed E-state index contributed by atoms with van der Waals surface area (Å²) in [5, 5.41) is 0. The zero-order valence-electron chi connectivity index (χ0n) is 15.8. The minimum absolute atomic E-state index is 0.0147. The van der Waals surface area contributed by atoms with E-state index < -0.39 is 17.7 Å². The first kappa shape index (κ1) is 19.1. The number of nitrogens with two attached hydrogens (primary N) is 1. The van der Waals surface area contributed by atoms with E-state index in [-0.39, 0.29) is 51.9 Å². The highest BCUT2D eigenvalue weighted by molar-refractivity contribution is 6.30. The Balaban J connectivity index is 1.59. The molecule has 0 fully saturated rings. The molecule has 1 aliphatic rings. The Labute approximate surface area is 170 Å². The number of methoxy groups -OCH3 is 1. The van der Waals surface area contributed by atoms with Gasteiger partial charge in [0.1, 0.15) is 12.4 Å². The smallest absolute Gasteiger partial charge is 0.373 e. The Bertz CT molecular complexity index is 1220. The van der Waals surface area contributed by atoms with Crippen molar-refractivity contribution in [3.05, 3.63) is 87.9 Å². The zero-order valence-corrected chi connectivity index (χ0v) is 15.8. The van der Waals surface area contributed by atoms with E-state index in [4.69, 9.17) is 14.9 Å². The first-order valence-electron chi connectivity index (χ1n) is 8.87. The number of ether oxygens (including phenoxy) is 2. The second-order valence-electron chi connectivity index (χ2n) is 6.49. The summed E-state index contributed by atoms with van der Waals surface area (Å²) in [6.07, 6.45) is 0. The van der Waals surface area contributed by atoms with Gasteiger partial charge in [-0.2, -0.15) is 0 Å². The molecule has 2 aromatic carbocycles. The number of furan rings is 1. The molecule has 0 atom stereocenters. The third-order valence-corrected chi connectivity index (χ3v) is 4.75. The molecule has 0 saturated heterocycles. The molecule has 0 radical (unpaired) electrons. The predicted molar refractivity (Wildman–Crippen MR) is 103 cm³/mol. The molecule has 4 rings (SSSR count). The van der Waals surface area contributed by atoms with Gasteiger partial charge in [-0.15, -0.1) is 0 Å². The Morgan fingerprint density at radius 1 is 0.900 bits per heavy atom. The van der Waals surface area contributed by atoms with Crippen LogP contribution in [0.15, 0.2) is 52.9 Å². The van der Waals surface area contributed by atoms with Gasteiger partial charge in [-0.25, -0.2) is 9.59 Å². The van der Waals surface area contributed by atoms with Crippen molar-refractivity contribution >= 4 is 29.2 Å². The molecular formula is C22H15NO7. The molecule has 0 saturated carbocycles. The third-order valence-electron chi connectivity index (χ3n) is 4.75. The van der Waals surface area contributed by atoms with Crippen LogP contribution in [0.5, 0.6) is 0 Å². The molecule has 0 spiro atoms. The van der Waals surface area contributed by atoms with Gasteiger partial charge in [0.2, 0.25) is 5.76 Å². The number of benzene rings is 2. The highest BCUT2D eigenvalue weighted by Crippen LogP contribution is 2.33. The lowest BCUT2D eigenvalue weighted by Crippen LogP contribution is -2.24. The Kier molecular flexibility index (Phi) is 4.67. The first-order chi connectivity index (χ1) is 14.4. The fraction of sp³-hybridized carbons (Fsp3) is 0.0909. The lowest BCUT2D eigenvalue weighted by Gasteiger charge is -2.20. The van der Waals surface area contributed by atoms with E-state index >= 15 is 0 Å². The maximum atomic E-state index is 12.9. The van der Waals surface area contributed by atoms with Gasteiger partial charge in [0.05, 0.1) is 23.9 Å². The van der Waals surface area contributed by atoms with E-state index in [1.165, 1.54) is 31.4 Å². The second kappa shape index (κ2) is 7.32. The number of fused-ring (bicyclic) bond motifs is 2. The fourth-order valence-corrected chi connectivity index (χ4v) is 3.27. The van der Waals surface area contributed by atoms with E-state index in [0.29, 0.717) is 5.56 Å². The van der Waals surface area contributed by atoms with Crippen LogP contribution in [0, 0.1) is 0 Å². The normalized spacial score (nSPS) is 12.2. The van der Waals surface area contributed by atoms with Gasteiger partial charge in [0.15, 0.2) is 11.6 Å². The summed E-state index contributed by atoms with van der Waals surface area (Å²) < 4.78 is 15.0. The lowest BCUT2D eigenvalue weighted by atomic mass is 9.82. The summed E-state index contributed by atoms with van der Waals surface area (Å²) in [5.41, 5.74) is 6.57. The molecule has 150 valence electrons. The first-order valence-corrected chi connectivity index (χ1v) is 8.87. The topological polar surface area (TPSA) is 126 Å². The minimum atomic E-state index is -0.801. The highest BCUT2D eigenvalue weighted by atomic mass is 16.6. The van der Waals surface area contributed by atoms with E-state index in [2.05, 4.69) is 4.74 Å². The van der Waals surface area contributed by atoms with Crippen LogP contribution in [-0.4, -0.2) is 30.6 Å². The summed E-state index contributed by atoms with van der Waals surface area (Å²) in [5.74, 6) is -2.03. The summed E-state index contributed by atoms with van der Waals surface area (Å²) >= 11 is 0. The van der Waals surface area contributed by atoms with Crippen molar-refractivity contribution in [1.29, 1.82) is 0 Å². The van der Waals surface area contributed by atoms with Crippen LogP contribution in [0.4, 0.5) is 5.69 Å². The van der Waals surface area contributed by atoms with Gasteiger partial charge in [-0.1, -0.05) is 24.3 Å². The van der Waals surface area contributed by atoms with Crippen LogP contribution in [0.3, 0.4) is 0 Å². The quantitative estimate of drug-likeness (QED) is 0.406. The SMILES string of the molecule is COC(=O)c1ccc(COC(=O)c2ccc3c(c2N)C(=O)c2ccccc2C3=O)o1. The van der Waals surface area contributed by atoms with Gasteiger partial charge in [-0.05, 0) is 24.3 Å². The molecule has 0 amide bonds. The monoisotopic (exact) mass is 405 g/mol. The van der Waals surface area contributed by atoms with Crippen LogP contribution in [-0.2, 0) is 16.1 Å². The van der Waals surface area contributed by atoms with Crippen molar-refractivity contribution < 1.29 is 33.1 Å². The van der Waals surface area contributed by atoms with Gasteiger partial charge in [0.25, 0.3) is 0 Å². The number of hydrogen-bond acceptors (Lipinski definition) is 8. The average Bonchev–Trinajstić information content (AvgIpc) is 3.24. The second-order valence-corrected chi connectivity index (χ2v) is 6.49. The molecular weight excluding hydrogens is 390 g/mol. The molecule has 2 N–H and O–H groups in total. The molecule has 8 nitrogen and oxygen atoms in total. The van der Waals surface area contributed by atoms with Gasteiger partial charge >= 0.3 is 11.9 Å². The van der Waals surface area contributed by atoms with Crippen LogP contribution < -0.4 is 5.73 Å². The Hall–Kier alpha value is -4.20. The standard InChI is InChI=1S/C22H15NO7/c1-28-22(27)16-9-6-11(30-16)10-29-21(26)15-8-7-14-17(18(15)23)20(25)13-5-3-2-4-12(13)19(14)24/h2-9H,10,23H2,1H3. The summed E-state index contributed by atoms with van der Waals surface area (Å²) in [4.78, 5) is 49.5. The minimum Gasteiger partial charge on any atom is -0.463 e. The number of nitrogen functional groups attached to an aromatic ring is 1. The number of anilines is 1. The number of carbonyl (C=O) groups is 4. The zero-order chi connectivity index (χ0) is 21.4. The number of hydrogen-bond donors (Lipinski definition) is 1. The molecule has 8 heteroatoms. The number of ketones is 2. The summed E-state index contributed by atoms with van der Waals surface area (Å²) in [6.45, 7) is -0.262. The van der Waals surface area contributed by atoms with Gasteiger partial charge in [-0.3, -0.25) is 9.59 Å². The van der Waals surface area contributed by atoms with E-state index in [9.17, 15) is 19.2 Å². The molecule has 1 aliphatic carbocycles. The highest BCUT2D eigenvalue weighted by Gasteiger charge is 2.33. The summed E-state index contributed by atoms with van der Waals surface area (Å²) in [6, 6.07) is 12.0. The molecule has 3 aromatic rings. The van der Waals surface area contributed by atoms with Crippen molar-refractivity contribution in [2.24, 2.45) is 0 Å². The molecule has 0 unspecified atom stereocenters. The van der Waals surface area contributed by atoms with Crippen LogP contribution in [0.2, 0.25) is 0 Å². The Morgan fingerprint density at radius 2 is 1.60 bits per heavy atom. The number of rotatable bonds is 4. The van der Waals surface area contributed by atoms with Crippen LogP contribution in [0.1, 0.15) is 58.5 Å². The molecule has 30 heavy (non-hydrogen) atoms. The average molecular weight is 405 g/mol.